The molecule has 7 N–H and O–H groups in total. The van der Waals surface area contributed by atoms with Crippen molar-refractivity contribution in [2.45, 2.75) is 6.92 Å². The van der Waals surface area contributed by atoms with Crippen LogP contribution in [0.15, 0.2) is 0 Å². The summed E-state index contributed by atoms with van der Waals surface area (Å²) in [5.74, 6) is -0.833. The number of rotatable bonds is 0. The van der Waals surface area contributed by atoms with E-state index in [1.165, 1.54) is 0 Å². The molecule has 0 fully saturated rings. The Balaban J connectivity index is -0.00000000300. The molecule has 0 amide bonds. The van der Waals surface area contributed by atoms with Crippen molar-refractivity contribution in [1.29, 1.82) is 0 Å². The first-order valence-corrected chi connectivity index (χ1v) is 0.928. The fourth-order valence-corrected chi connectivity index (χ4v) is 0. The zero-order valence-corrected chi connectivity index (χ0v) is 5.08. The number of carboxylic acids is 1. The molecule has 0 rings (SSSR count). The summed E-state index contributed by atoms with van der Waals surface area (Å²) in [5, 5.41) is 7.42. The minimum atomic E-state index is -0.833. The van der Waals surface area contributed by atoms with Crippen LogP contribution < -0.4 is 0 Å². The number of hydrogen-bond acceptors (Lipinski definition) is 1. The van der Waals surface area contributed by atoms with Crippen molar-refractivity contribution >= 4 is 93.9 Å². The van der Waals surface area contributed by atoms with Crippen molar-refractivity contribution in [1.82, 2.24) is 0 Å². The van der Waals surface area contributed by atoms with Gasteiger partial charge in [-0.25, -0.2) is 0 Å². The van der Waals surface area contributed by atoms with Gasteiger partial charge in [0, 0.05) is 6.92 Å². The van der Waals surface area contributed by atoms with Gasteiger partial charge in [-0.1, -0.05) is 0 Å². The van der Waals surface area contributed by atoms with E-state index in [9.17, 15) is 0 Å². The molecule has 0 aromatic heterocycles. The molecule has 0 saturated carbocycles. The third-order valence-corrected chi connectivity index (χ3v) is 0. The zero-order valence-electron chi connectivity index (χ0n) is 4.26. The van der Waals surface area contributed by atoms with E-state index in [2.05, 4.69) is 0 Å². The van der Waals surface area contributed by atoms with Crippen LogP contribution in [0.5, 0.6) is 0 Å². The summed E-state index contributed by atoms with van der Waals surface area (Å²) < 4.78 is 0. The van der Waals surface area contributed by atoms with E-state index in [1.807, 2.05) is 0 Å². The SMILES string of the molecule is CC(=O)O.Cl.O.O.O.[CaH2].[CaH2]. The average Bonchev–Trinajstić information content (AvgIpc) is 0.811. The van der Waals surface area contributed by atoms with Gasteiger partial charge in [0.15, 0.2) is 0 Å². The second-order valence-electron chi connectivity index (χ2n) is 0.519. The first-order chi connectivity index (χ1) is 1.73. The Morgan fingerprint density at radius 1 is 1.10 bits per heavy atom. The molecule has 0 heterocycles. The molecule has 0 bridgehead atoms. The molecule has 0 atom stereocenters. The van der Waals surface area contributed by atoms with Gasteiger partial charge >= 0.3 is 75.5 Å². The quantitative estimate of drug-likeness (QED) is 0.431. The molecule has 8 heteroatoms. The van der Waals surface area contributed by atoms with Gasteiger partial charge in [0.25, 0.3) is 5.97 Å². The summed E-state index contributed by atoms with van der Waals surface area (Å²) in [6.07, 6.45) is 0. The Morgan fingerprint density at radius 2 is 1.10 bits per heavy atom. The van der Waals surface area contributed by atoms with E-state index in [-0.39, 0.29) is 104 Å². The molecule has 0 aromatic rings. The second-order valence-corrected chi connectivity index (χ2v) is 0.519. The summed E-state index contributed by atoms with van der Waals surface area (Å²) >= 11 is 0. The Labute approximate surface area is 125 Å². The molecule has 0 aliphatic carbocycles. The van der Waals surface area contributed by atoms with Crippen molar-refractivity contribution in [2.24, 2.45) is 0 Å². The van der Waals surface area contributed by atoms with Crippen molar-refractivity contribution < 1.29 is 26.3 Å². The fraction of sp³-hybridized carbons (Fsp3) is 0.500. The van der Waals surface area contributed by atoms with E-state index >= 15 is 0 Å². The monoisotopic (exact) mass is 234 g/mol. The van der Waals surface area contributed by atoms with Crippen LogP contribution in [0.25, 0.3) is 0 Å². The normalized spacial score (nSPS) is 2.50. The summed E-state index contributed by atoms with van der Waals surface area (Å²) in [7, 11) is 0. The number of hydrogen-bond donors (Lipinski definition) is 1. The predicted molar refractivity (Wildman–Crippen MR) is 48.5 cm³/mol. The van der Waals surface area contributed by atoms with Crippen molar-refractivity contribution in [3.63, 3.8) is 0 Å². The molecule has 0 spiro atoms. The van der Waals surface area contributed by atoms with Crippen molar-refractivity contribution in [2.75, 3.05) is 0 Å². The third kappa shape index (κ3) is 183. The molecule has 0 unspecified atom stereocenters. The Kier molecular flexibility index (Phi) is 246. The first-order valence-electron chi connectivity index (χ1n) is 0.928. The third-order valence-electron chi connectivity index (χ3n) is 0. The molecule has 0 aliphatic rings. The van der Waals surface area contributed by atoms with Gasteiger partial charge in [-0.3, -0.25) is 4.79 Å². The molecular weight excluding hydrogens is 220 g/mol. The first kappa shape index (κ1) is 56.9. The van der Waals surface area contributed by atoms with Gasteiger partial charge in [0.2, 0.25) is 0 Å². The molecule has 64 valence electrons. The van der Waals surface area contributed by atoms with E-state index in [4.69, 9.17) is 9.90 Å². The topological polar surface area (TPSA) is 132 Å². The summed E-state index contributed by atoms with van der Waals surface area (Å²) in [4.78, 5) is 9.00. The van der Waals surface area contributed by atoms with Gasteiger partial charge in [0.1, 0.15) is 0 Å². The van der Waals surface area contributed by atoms with Crippen LogP contribution in [0.3, 0.4) is 0 Å². The summed E-state index contributed by atoms with van der Waals surface area (Å²) in [6.45, 7) is 1.08. The van der Waals surface area contributed by atoms with Crippen LogP contribution in [0.4, 0.5) is 0 Å². The number of halogens is 1. The molecule has 0 aliphatic heterocycles. The van der Waals surface area contributed by atoms with Gasteiger partial charge in [-0.15, -0.1) is 12.4 Å². The van der Waals surface area contributed by atoms with Crippen molar-refractivity contribution in [3.05, 3.63) is 0 Å². The minimum absolute atomic E-state index is 0. The van der Waals surface area contributed by atoms with Gasteiger partial charge in [-0.2, -0.15) is 0 Å². The van der Waals surface area contributed by atoms with Crippen LogP contribution in [-0.4, -0.2) is 103 Å². The van der Waals surface area contributed by atoms with Crippen LogP contribution in [0, 0.1) is 0 Å². The van der Waals surface area contributed by atoms with Crippen molar-refractivity contribution in [3.8, 4) is 0 Å². The standard InChI is InChI=1S/C2H4O2.2Ca.ClH.3H2O.4H/c1-2(3)4;;;;;;;;;;/h1H3,(H,3,4);;;1H;3*1H2;;;;. The van der Waals surface area contributed by atoms with E-state index in [0.717, 1.165) is 6.92 Å². The summed E-state index contributed by atoms with van der Waals surface area (Å²) in [5.41, 5.74) is 0. The molecule has 5 nitrogen and oxygen atoms in total. The van der Waals surface area contributed by atoms with Gasteiger partial charge < -0.3 is 21.5 Å². The number of carbonyl (C=O) groups is 1. The van der Waals surface area contributed by atoms with E-state index in [1.54, 1.807) is 0 Å². The fourth-order valence-electron chi connectivity index (χ4n) is 0. The van der Waals surface area contributed by atoms with Crippen LogP contribution in [0.2, 0.25) is 0 Å². The Morgan fingerprint density at radius 3 is 1.10 bits per heavy atom. The van der Waals surface area contributed by atoms with Crippen LogP contribution >= 0.6 is 12.4 Å². The molecule has 0 radical (unpaired) electrons. The average molecular weight is 235 g/mol. The Bertz CT molecular complexity index is 40.6. The summed E-state index contributed by atoms with van der Waals surface area (Å²) in [6, 6.07) is 0. The predicted octanol–water partition coefficient (Wildman–Crippen LogP) is -3.79. The molecular formula is C2H15Ca2ClO5. The maximum atomic E-state index is 9.00. The number of carboxylic acid groups (broad SMARTS) is 1. The van der Waals surface area contributed by atoms with E-state index in [0.29, 0.717) is 0 Å². The van der Waals surface area contributed by atoms with E-state index < -0.39 is 5.97 Å². The Hall–Kier alpha value is 2.16. The molecule has 0 aromatic carbocycles. The number of aliphatic carboxylic acids is 1. The van der Waals surface area contributed by atoms with Crippen LogP contribution in [0.1, 0.15) is 6.92 Å². The van der Waals surface area contributed by atoms with Crippen LogP contribution in [-0.2, 0) is 4.79 Å². The molecule has 0 saturated heterocycles. The maximum absolute atomic E-state index is 9.00. The van der Waals surface area contributed by atoms with Gasteiger partial charge in [-0.05, 0) is 0 Å². The molecule has 10 heavy (non-hydrogen) atoms. The second kappa shape index (κ2) is 43.3. The van der Waals surface area contributed by atoms with Gasteiger partial charge in [0.05, 0.1) is 0 Å². The zero-order chi connectivity index (χ0) is 3.58.